The fourth-order valence-electron chi connectivity index (χ4n) is 2.63. The molecule has 1 N–H and O–H groups in total. The van der Waals surface area contributed by atoms with Gasteiger partial charge in [-0.3, -0.25) is 4.79 Å². The number of carbonyl (C=O) groups is 1. The Hall–Kier alpha value is -2.77. The number of hydrogen-bond donors (Lipinski definition) is 1. The van der Waals surface area contributed by atoms with Crippen molar-refractivity contribution in [3.63, 3.8) is 0 Å². The van der Waals surface area contributed by atoms with Gasteiger partial charge >= 0.3 is 0 Å². The Bertz CT molecular complexity index is 1100. The van der Waals surface area contributed by atoms with Crippen LogP contribution in [0.2, 0.25) is 0 Å². The van der Waals surface area contributed by atoms with Gasteiger partial charge in [0.15, 0.2) is 0 Å². The van der Waals surface area contributed by atoms with E-state index >= 15 is 0 Å². The third-order valence-corrected chi connectivity index (χ3v) is 5.71. The van der Waals surface area contributed by atoms with Gasteiger partial charge in [-0.25, -0.2) is 9.67 Å². The van der Waals surface area contributed by atoms with E-state index in [2.05, 4.69) is 31.3 Å². The third-order valence-electron chi connectivity index (χ3n) is 3.93. The first-order valence-corrected chi connectivity index (χ1v) is 9.90. The Kier molecular flexibility index (Phi) is 5.13. The van der Waals surface area contributed by atoms with Gasteiger partial charge in [0.1, 0.15) is 10.8 Å². The summed E-state index contributed by atoms with van der Waals surface area (Å²) >= 11 is 5.09. The molecule has 4 rings (SSSR count). The molecule has 0 fully saturated rings. The van der Waals surface area contributed by atoms with Crippen LogP contribution >= 0.6 is 27.3 Å². The zero-order chi connectivity index (χ0) is 18.6. The molecule has 2 aromatic carbocycles. The Morgan fingerprint density at radius 1 is 1.15 bits per heavy atom. The van der Waals surface area contributed by atoms with Crippen molar-refractivity contribution in [3.8, 4) is 0 Å². The minimum atomic E-state index is -0.219. The maximum absolute atomic E-state index is 12.3. The number of aromatic nitrogens is 3. The summed E-state index contributed by atoms with van der Waals surface area (Å²) < 4.78 is 3.86. The third kappa shape index (κ3) is 4.15. The highest BCUT2D eigenvalue weighted by molar-refractivity contribution is 9.10. The minimum absolute atomic E-state index is 0.219. The van der Waals surface area contributed by atoms with Gasteiger partial charge in [0.05, 0.1) is 23.0 Å². The molecule has 0 atom stereocenters. The van der Waals surface area contributed by atoms with Crippen LogP contribution < -0.4 is 5.32 Å². The van der Waals surface area contributed by atoms with Gasteiger partial charge in [-0.05, 0) is 29.8 Å². The van der Waals surface area contributed by atoms with Crippen molar-refractivity contribution in [1.29, 1.82) is 0 Å². The Morgan fingerprint density at radius 2 is 1.96 bits per heavy atom. The van der Waals surface area contributed by atoms with E-state index in [9.17, 15) is 4.79 Å². The molecular weight excluding hydrogens is 424 g/mol. The predicted octanol–water partition coefficient (Wildman–Crippen LogP) is 4.96. The lowest BCUT2D eigenvalue weighted by atomic mass is 10.2. The molecule has 7 heteroatoms. The molecule has 0 unspecified atom stereocenters. The summed E-state index contributed by atoms with van der Waals surface area (Å²) in [7, 11) is 0. The molecule has 0 saturated carbocycles. The van der Waals surface area contributed by atoms with E-state index in [1.165, 1.54) is 6.08 Å². The molecule has 0 saturated heterocycles. The molecule has 0 bridgehead atoms. The summed E-state index contributed by atoms with van der Waals surface area (Å²) in [6.45, 7) is 0.561. The lowest BCUT2D eigenvalue weighted by Crippen LogP contribution is -2.14. The van der Waals surface area contributed by atoms with E-state index in [0.717, 1.165) is 25.3 Å². The number of nitrogens with zero attached hydrogens (tertiary/aromatic N) is 3. The molecule has 4 aromatic rings. The van der Waals surface area contributed by atoms with Gasteiger partial charge < -0.3 is 5.32 Å². The number of halogens is 1. The maximum atomic E-state index is 12.3. The van der Waals surface area contributed by atoms with Gasteiger partial charge in [0, 0.05) is 16.6 Å². The van der Waals surface area contributed by atoms with Crippen molar-refractivity contribution in [1.82, 2.24) is 14.8 Å². The second-order valence-electron chi connectivity index (χ2n) is 5.81. The largest absolute Gasteiger partial charge is 0.307 e. The number of fused-ring (bicyclic) bond motifs is 1. The van der Waals surface area contributed by atoms with Crippen LogP contribution in [0.3, 0.4) is 0 Å². The summed E-state index contributed by atoms with van der Waals surface area (Å²) in [6, 6.07) is 17.6. The maximum Gasteiger partial charge on any atom is 0.249 e. The zero-order valence-corrected chi connectivity index (χ0v) is 16.6. The first-order valence-electron chi connectivity index (χ1n) is 8.29. The summed E-state index contributed by atoms with van der Waals surface area (Å²) in [5, 5.41) is 7.97. The van der Waals surface area contributed by atoms with Gasteiger partial charge in [-0.2, -0.15) is 5.10 Å². The first kappa shape index (κ1) is 17.6. The van der Waals surface area contributed by atoms with E-state index in [1.54, 1.807) is 34.4 Å². The average molecular weight is 439 g/mol. The molecule has 0 aliphatic carbocycles. The highest BCUT2D eigenvalue weighted by Crippen LogP contribution is 2.22. The van der Waals surface area contributed by atoms with Crippen molar-refractivity contribution < 1.29 is 4.79 Å². The van der Waals surface area contributed by atoms with E-state index in [1.807, 2.05) is 48.5 Å². The predicted molar refractivity (Wildman–Crippen MR) is 113 cm³/mol. The van der Waals surface area contributed by atoms with Crippen LogP contribution in [0.15, 0.2) is 71.3 Å². The van der Waals surface area contributed by atoms with Gasteiger partial charge in [0.2, 0.25) is 5.91 Å². The monoisotopic (exact) mass is 438 g/mol. The Morgan fingerprint density at radius 3 is 2.81 bits per heavy atom. The molecule has 5 nitrogen and oxygen atoms in total. The molecule has 0 spiro atoms. The van der Waals surface area contributed by atoms with Crippen molar-refractivity contribution in [3.05, 3.63) is 81.9 Å². The van der Waals surface area contributed by atoms with Crippen LogP contribution in [0.5, 0.6) is 0 Å². The molecule has 1 amide bonds. The number of hydrogen-bond acceptors (Lipinski definition) is 4. The molecule has 2 aromatic heterocycles. The number of amides is 1. The second kappa shape index (κ2) is 7.85. The number of para-hydroxylation sites is 1. The molecule has 0 aliphatic heterocycles. The van der Waals surface area contributed by atoms with Crippen molar-refractivity contribution >= 4 is 55.3 Å². The topological polar surface area (TPSA) is 59.8 Å². The van der Waals surface area contributed by atoms with E-state index < -0.39 is 0 Å². The number of nitrogens with one attached hydrogen (secondary N) is 1. The van der Waals surface area contributed by atoms with Crippen LogP contribution in [0.25, 0.3) is 16.3 Å². The summed E-state index contributed by atoms with van der Waals surface area (Å²) in [5.41, 5.74) is 2.02. The van der Waals surface area contributed by atoms with E-state index in [0.29, 0.717) is 12.4 Å². The molecule has 134 valence electrons. The van der Waals surface area contributed by atoms with Crippen LogP contribution in [0.1, 0.15) is 10.6 Å². The second-order valence-corrected chi connectivity index (χ2v) is 7.72. The fourth-order valence-corrected chi connectivity index (χ4v) is 3.91. The lowest BCUT2D eigenvalue weighted by Gasteiger charge is -2.09. The van der Waals surface area contributed by atoms with Gasteiger partial charge in [-0.1, -0.05) is 46.3 Å². The molecule has 0 aliphatic rings. The number of anilines is 1. The van der Waals surface area contributed by atoms with Gasteiger partial charge in [-0.15, -0.1) is 11.3 Å². The highest BCUT2D eigenvalue weighted by atomic mass is 79.9. The summed E-state index contributed by atoms with van der Waals surface area (Å²) in [6.07, 6.45) is 4.89. The molecular formula is C20H15BrN4OS. The smallest absolute Gasteiger partial charge is 0.249 e. The Labute approximate surface area is 168 Å². The van der Waals surface area contributed by atoms with Crippen LogP contribution in [0, 0.1) is 0 Å². The number of thiazole rings is 1. The van der Waals surface area contributed by atoms with E-state index in [-0.39, 0.29) is 5.91 Å². The van der Waals surface area contributed by atoms with Crippen molar-refractivity contribution in [2.24, 2.45) is 0 Å². The SMILES string of the molecule is O=C(/C=C/c1nc2ccccc2s1)Nc1ccnn1Cc1ccccc1Br. The number of benzene rings is 2. The standard InChI is InChI=1S/C20H15BrN4OS/c21-15-6-2-1-5-14(15)13-25-18(11-12-22-25)24-19(26)9-10-20-23-16-7-3-4-8-17(16)27-20/h1-12H,13H2,(H,24,26)/b10-9+. The normalized spacial score (nSPS) is 11.3. The highest BCUT2D eigenvalue weighted by Gasteiger charge is 2.08. The first-order chi connectivity index (χ1) is 13.2. The lowest BCUT2D eigenvalue weighted by molar-refractivity contribution is -0.111. The van der Waals surface area contributed by atoms with E-state index in [4.69, 9.17) is 0 Å². The number of rotatable bonds is 5. The average Bonchev–Trinajstić information content (AvgIpc) is 3.28. The molecule has 27 heavy (non-hydrogen) atoms. The molecule has 2 heterocycles. The minimum Gasteiger partial charge on any atom is -0.307 e. The quantitative estimate of drug-likeness (QED) is 0.448. The summed E-state index contributed by atoms with van der Waals surface area (Å²) in [4.78, 5) is 16.8. The zero-order valence-electron chi connectivity index (χ0n) is 14.2. The summed E-state index contributed by atoms with van der Waals surface area (Å²) in [5.74, 6) is 0.424. The van der Waals surface area contributed by atoms with Crippen LogP contribution in [-0.4, -0.2) is 20.7 Å². The van der Waals surface area contributed by atoms with Crippen molar-refractivity contribution in [2.45, 2.75) is 6.54 Å². The van der Waals surface area contributed by atoms with Crippen LogP contribution in [-0.2, 0) is 11.3 Å². The van der Waals surface area contributed by atoms with Gasteiger partial charge in [0.25, 0.3) is 0 Å². The van der Waals surface area contributed by atoms with Crippen LogP contribution in [0.4, 0.5) is 5.82 Å². The molecule has 0 radical (unpaired) electrons. The van der Waals surface area contributed by atoms with Crippen molar-refractivity contribution in [2.75, 3.05) is 5.32 Å². The fraction of sp³-hybridized carbons (Fsp3) is 0.0500. The number of carbonyl (C=O) groups excluding carboxylic acids is 1. The Balaban J connectivity index is 1.45.